The topological polar surface area (TPSA) is 38.7 Å². The molecule has 0 amide bonds. The smallest absolute Gasteiger partial charge is 0.0971 e. The van der Waals surface area contributed by atoms with Gasteiger partial charge in [-0.2, -0.15) is 0 Å². The van der Waals surface area contributed by atoms with E-state index in [1.807, 2.05) is 12.3 Å². The van der Waals surface area contributed by atoms with E-state index in [1.54, 1.807) is 12.4 Å². The Morgan fingerprint density at radius 1 is 0.447 bits per heavy atom. The van der Waals surface area contributed by atoms with Crippen molar-refractivity contribution >= 4 is 11.0 Å². The summed E-state index contributed by atoms with van der Waals surface area (Å²) in [4.78, 5) is 14.3. The SMILES string of the molecule is CC(C)(C)c1ccnc(-c2cccc(-c3ccc(-c4cccc(-c5ccccc5)c4)c4nccnc34)c2)c1. The number of pyridine rings is 1. The van der Waals surface area contributed by atoms with Crippen molar-refractivity contribution < 1.29 is 0 Å². The quantitative estimate of drug-likeness (QED) is 0.247. The first-order valence-corrected chi connectivity index (χ1v) is 12.9. The molecule has 0 aliphatic heterocycles. The second-order valence-electron chi connectivity index (χ2n) is 10.6. The Balaban J connectivity index is 1.45. The number of benzene rings is 4. The first-order chi connectivity index (χ1) is 18.5. The lowest BCUT2D eigenvalue weighted by atomic mass is 9.87. The van der Waals surface area contributed by atoms with Crippen LogP contribution in [0.1, 0.15) is 26.3 Å². The maximum absolute atomic E-state index is 4.79. The summed E-state index contributed by atoms with van der Waals surface area (Å²) in [6, 6.07) is 36.3. The maximum Gasteiger partial charge on any atom is 0.0971 e. The summed E-state index contributed by atoms with van der Waals surface area (Å²) in [5.41, 5.74) is 11.9. The van der Waals surface area contributed by atoms with Gasteiger partial charge in [0.05, 0.1) is 16.7 Å². The summed E-state index contributed by atoms with van der Waals surface area (Å²) in [7, 11) is 0. The van der Waals surface area contributed by atoms with Gasteiger partial charge in [0.15, 0.2) is 0 Å². The van der Waals surface area contributed by atoms with E-state index < -0.39 is 0 Å². The van der Waals surface area contributed by atoms with Gasteiger partial charge in [0.1, 0.15) is 0 Å². The molecule has 3 nitrogen and oxygen atoms in total. The Morgan fingerprint density at radius 3 is 1.63 bits per heavy atom. The minimum Gasteiger partial charge on any atom is -0.256 e. The van der Waals surface area contributed by atoms with Gasteiger partial charge in [0.25, 0.3) is 0 Å². The predicted molar refractivity (Wildman–Crippen MR) is 158 cm³/mol. The second kappa shape index (κ2) is 9.68. The van der Waals surface area contributed by atoms with Gasteiger partial charge in [0.2, 0.25) is 0 Å². The fraction of sp³-hybridized carbons (Fsp3) is 0.114. The van der Waals surface area contributed by atoms with Crippen LogP contribution in [0.4, 0.5) is 0 Å². The molecule has 2 heterocycles. The van der Waals surface area contributed by atoms with Gasteiger partial charge in [-0.15, -0.1) is 0 Å². The molecule has 0 saturated carbocycles. The minimum atomic E-state index is 0.0642. The van der Waals surface area contributed by atoms with Crippen molar-refractivity contribution in [1.82, 2.24) is 15.0 Å². The summed E-state index contributed by atoms with van der Waals surface area (Å²) < 4.78 is 0. The predicted octanol–water partition coefficient (Wildman–Crippen LogP) is 8.99. The zero-order chi connectivity index (χ0) is 26.1. The van der Waals surface area contributed by atoms with Crippen LogP contribution in [0.25, 0.3) is 55.7 Å². The molecule has 0 atom stereocenters. The summed E-state index contributed by atoms with van der Waals surface area (Å²) in [5, 5.41) is 0. The van der Waals surface area contributed by atoms with Crippen molar-refractivity contribution in [2.24, 2.45) is 0 Å². The Kier molecular flexibility index (Phi) is 6.05. The molecule has 38 heavy (non-hydrogen) atoms. The number of nitrogens with zero attached hydrogens (tertiary/aromatic N) is 3. The largest absolute Gasteiger partial charge is 0.256 e. The van der Waals surface area contributed by atoms with Gasteiger partial charge in [0, 0.05) is 35.3 Å². The van der Waals surface area contributed by atoms with Crippen molar-refractivity contribution in [1.29, 1.82) is 0 Å². The van der Waals surface area contributed by atoms with E-state index in [1.165, 1.54) is 16.7 Å². The van der Waals surface area contributed by atoms with Crippen molar-refractivity contribution in [3.05, 3.63) is 127 Å². The van der Waals surface area contributed by atoms with Gasteiger partial charge < -0.3 is 0 Å². The molecule has 6 aromatic rings. The third kappa shape index (κ3) is 4.59. The number of rotatable bonds is 4. The molecule has 0 radical (unpaired) electrons. The highest BCUT2D eigenvalue weighted by atomic mass is 14.8. The Morgan fingerprint density at radius 2 is 1.00 bits per heavy atom. The summed E-state index contributed by atoms with van der Waals surface area (Å²) in [5.74, 6) is 0. The molecular weight excluding hydrogens is 462 g/mol. The van der Waals surface area contributed by atoms with Gasteiger partial charge in [-0.05, 0) is 57.5 Å². The number of aromatic nitrogens is 3. The lowest BCUT2D eigenvalue weighted by Gasteiger charge is -2.19. The van der Waals surface area contributed by atoms with E-state index in [0.29, 0.717) is 0 Å². The van der Waals surface area contributed by atoms with Crippen molar-refractivity contribution in [2.75, 3.05) is 0 Å². The second-order valence-corrected chi connectivity index (χ2v) is 10.6. The van der Waals surface area contributed by atoms with E-state index in [9.17, 15) is 0 Å². The highest BCUT2D eigenvalue weighted by Crippen LogP contribution is 2.36. The molecule has 0 saturated heterocycles. The molecule has 4 aromatic carbocycles. The zero-order valence-corrected chi connectivity index (χ0v) is 21.9. The number of hydrogen-bond donors (Lipinski definition) is 0. The molecular formula is C35H29N3. The van der Waals surface area contributed by atoms with Gasteiger partial charge in [-0.3, -0.25) is 15.0 Å². The standard InChI is InChI=1S/C35H29N3/c1-35(2,3)29-17-18-36-32(23-29)28-14-8-13-27(22-28)31-16-15-30(33-34(31)38-20-19-37-33)26-12-7-11-25(21-26)24-9-5-4-6-10-24/h4-23H,1-3H3. The Bertz CT molecular complexity index is 1750. The molecule has 0 fully saturated rings. The van der Waals surface area contributed by atoms with Gasteiger partial charge in [-0.25, -0.2) is 0 Å². The molecule has 3 heteroatoms. The van der Waals surface area contributed by atoms with Crippen molar-refractivity contribution in [2.45, 2.75) is 26.2 Å². The molecule has 0 aliphatic rings. The van der Waals surface area contributed by atoms with E-state index >= 15 is 0 Å². The van der Waals surface area contributed by atoms with E-state index in [4.69, 9.17) is 9.97 Å². The Labute approximate surface area is 223 Å². The first kappa shape index (κ1) is 23.7. The molecule has 6 rings (SSSR count). The highest BCUT2D eigenvalue weighted by molar-refractivity contribution is 6.01. The van der Waals surface area contributed by atoms with E-state index in [0.717, 1.165) is 44.5 Å². The summed E-state index contributed by atoms with van der Waals surface area (Å²) in [6.07, 6.45) is 5.45. The molecule has 0 unspecified atom stereocenters. The van der Waals surface area contributed by atoms with Crippen LogP contribution in [0, 0.1) is 0 Å². The van der Waals surface area contributed by atoms with Crippen LogP contribution in [0.5, 0.6) is 0 Å². The van der Waals surface area contributed by atoms with Crippen molar-refractivity contribution in [3.8, 4) is 44.6 Å². The van der Waals surface area contributed by atoms with E-state index in [2.05, 4.69) is 123 Å². The molecule has 0 N–H and O–H groups in total. The fourth-order valence-electron chi connectivity index (χ4n) is 4.92. The Hall–Kier alpha value is -4.63. The van der Waals surface area contributed by atoms with Crippen LogP contribution in [-0.2, 0) is 5.41 Å². The average Bonchev–Trinajstić information content (AvgIpc) is 2.97. The fourth-order valence-corrected chi connectivity index (χ4v) is 4.92. The molecule has 184 valence electrons. The van der Waals surface area contributed by atoms with Crippen LogP contribution in [0.3, 0.4) is 0 Å². The number of hydrogen-bond acceptors (Lipinski definition) is 3. The van der Waals surface area contributed by atoms with Gasteiger partial charge in [-0.1, -0.05) is 99.6 Å². The third-order valence-corrected chi connectivity index (χ3v) is 7.00. The lowest BCUT2D eigenvalue weighted by molar-refractivity contribution is 0.589. The lowest BCUT2D eigenvalue weighted by Crippen LogP contribution is -2.11. The first-order valence-electron chi connectivity index (χ1n) is 12.9. The normalized spacial score (nSPS) is 11.6. The van der Waals surface area contributed by atoms with Crippen LogP contribution in [-0.4, -0.2) is 15.0 Å². The minimum absolute atomic E-state index is 0.0642. The van der Waals surface area contributed by atoms with Crippen LogP contribution in [0.15, 0.2) is 122 Å². The molecule has 0 bridgehead atoms. The maximum atomic E-state index is 4.79. The molecule has 0 aliphatic carbocycles. The summed E-state index contributed by atoms with van der Waals surface area (Å²) in [6.45, 7) is 6.68. The number of fused-ring (bicyclic) bond motifs is 1. The van der Waals surface area contributed by atoms with Crippen LogP contribution >= 0.6 is 0 Å². The van der Waals surface area contributed by atoms with E-state index in [-0.39, 0.29) is 5.41 Å². The van der Waals surface area contributed by atoms with Crippen LogP contribution < -0.4 is 0 Å². The van der Waals surface area contributed by atoms with Crippen molar-refractivity contribution in [3.63, 3.8) is 0 Å². The highest BCUT2D eigenvalue weighted by Gasteiger charge is 2.16. The monoisotopic (exact) mass is 491 g/mol. The average molecular weight is 492 g/mol. The van der Waals surface area contributed by atoms with Gasteiger partial charge >= 0.3 is 0 Å². The third-order valence-electron chi connectivity index (χ3n) is 7.00. The van der Waals surface area contributed by atoms with Crippen LogP contribution in [0.2, 0.25) is 0 Å². The molecule has 2 aromatic heterocycles. The zero-order valence-electron chi connectivity index (χ0n) is 21.9. The summed E-state index contributed by atoms with van der Waals surface area (Å²) >= 11 is 0. The molecule has 0 spiro atoms.